The molecule has 1 saturated heterocycles. The summed E-state index contributed by atoms with van der Waals surface area (Å²) in [5.74, 6) is -0.648. The second-order valence-electron chi connectivity index (χ2n) is 5.60. The zero-order chi connectivity index (χ0) is 13.7. The normalized spacial score (nSPS) is 21.8. The Kier molecular flexibility index (Phi) is 5.19. The molecule has 2 amide bonds. The van der Waals surface area contributed by atoms with Crippen molar-refractivity contribution in [2.75, 3.05) is 33.2 Å². The third kappa shape index (κ3) is 3.69. The fourth-order valence-corrected chi connectivity index (χ4v) is 2.97. The van der Waals surface area contributed by atoms with Gasteiger partial charge in [0.25, 0.3) is 0 Å². The Bertz CT molecular complexity index is 319. The first kappa shape index (κ1) is 14.3. The van der Waals surface area contributed by atoms with Gasteiger partial charge in [-0.3, -0.25) is 9.59 Å². The molecule has 5 heteroatoms. The highest BCUT2D eigenvalue weighted by Gasteiger charge is 2.29. The summed E-state index contributed by atoms with van der Waals surface area (Å²) in [6.07, 6.45) is 6.60. The van der Waals surface area contributed by atoms with Crippen LogP contribution in [-0.2, 0) is 9.59 Å². The van der Waals surface area contributed by atoms with Gasteiger partial charge in [0.1, 0.15) is 0 Å². The van der Waals surface area contributed by atoms with Gasteiger partial charge < -0.3 is 15.1 Å². The molecule has 0 radical (unpaired) electrons. The van der Waals surface area contributed by atoms with Crippen molar-refractivity contribution >= 4 is 11.8 Å². The second kappa shape index (κ2) is 6.89. The first-order valence-corrected chi connectivity index (χ1v) is 7.47. The van der Waals surface area contributed by atoms with Gasteiger partial charge in [0.15, 0.2) is 0 Å². The van der Waals surface area contributed by atoms with Crippen LogP contribution in [0.25, 0.3) is 0 Å². The fourth-order valence-electron chi connectivity index (χ4n) is 2.97. The SMILES string of the molecule is CN(C(=O)C(=O)N1CCCNCC1)C1CCCCC1. The van der Waals surface area contributed by atoms with Gasteiger partial charge in [-0.25, -0.2) is 0 Å². The molecule has 0 aromatic carbocycles. The van der Waals surface area contributed by atoms with Crippen LogP contribution in [0.5, 0.6) is 0 Å². The van der Waals surface area contributed by atoms with Gasteiger partial charge in [-0.05, 0) is 25.8 Å². The van der Waals surface area contributed by atoms with E-state index in [1.54, 1.807) is 16.8 Å². The van der Waals surface area contributed by atoms with Crippen molar-refractivity contribution in [2.24, 2.45) is 0 Å². The van der Waals surface area contributed by atoms with Crippen LogP contribution in [0.15, 0.2) is 0 Å². The molecule has 1 heterocycles. The van der Waals surface area contributed by atoms with Crippen LogP contribution >= 0.6 is 0 Å². The summed E-state index contributed by atoms with van der Waals surface area (Å²) in [5.41, 5.74) is 0. The van der Waals surface area contributed by atoms with E-state index in [0.29, 0.717) is 13.1 Å². The lowest BCUT2D eigenvalue weighted by Crippen LogP contribution is -2.48. The number of amides is 2. The topological polar surface area (TPSA) is 52.7 Å². The number of hydrogen-bond donors (Lipinski definition) is 1. The fraction of sp³-hybridized carbons (Fsp3) is 0.857. The number of nitrogens with zero attached hydrogens (tertiary/aromatic N) is 2. The number of carbonyl (C=O) groups excluding carboxylic acids is 2. The van der Waals surface area contributed by atoms with Crippen molar-refractivity contribution in [2.45, 2.75) is 44.6 Å². The van der Waals surface area contributed by atoms with E-state index >= 15 is 0 Å². The third-order valence-corrected chi connectivity index (χ3v) is 4.25. The zero-order valence-corrected chi connectivity index (χ0v) is 11.9. The minimum Gasteiger partial charge on any atom is -0.335 e. The summed E-state index contributed by atoms with van der Waals surface area (Å²) < 4.78 is 0. The van der Waals surface area contributed by atoms with Crippen LogP contribution in [0.2, 0.25) is 0 Å². The Morgan fingerprint density at radius 2 is 1.79 bits per heavy atom. The van der Waals surface area contributed by atoms with Gasteiger partial charge in [0.05, 0.1) is 0 Å². The van der Waals surface area contributed by atoms with Crippen molar-refractivity contribution in [1.29, 1.82) is 0 Å². The van der Waals surface area contributed by atoms with E-state index < -0.39 is 0 Å². The Morgan fingerprint density at radius 1 is 1.05 bits per heavy atom. The molecule has 19 heavy (non-hydrogen) atoms. The third-order valence-electron chi connectivity index (χ3n) is 4.25. The van der Waals surface area contributed by atoms with Gasteiger partial charge in [0, 0.05) is 32.7 Å². The molecule has 2 fully saturated rings. The first-order chi connectivity index (χ1) is 9.20. The molecule has 0 bridgehead atoms. The van der Waals surface area contributed by atoms with E-state index in [9.17, 15) is 9.59 Å². The number of carbonyl (C=O) groups is 2. The van der Waals surface area contributed by atoms with Crippen LogP contribution in [0.3, 0.4) is 0 Å². The lowest BCUT2D eigenvalue weighted by Gasteiger charge is -2.32. The van der Waals surface area contributed by atoms with E-state index in [1.807, 2.05) is 0 Å². The van der Waals surface area contributed by atoms with Crippen molar-refractivity contribution in [1.82, 2.24) is 15.1 Å². The summed E-state index contributed by atoms with van der Waals surface area (Å²) in [5, 5.41) is 3.24. The largest absolute Gasteiger partial charge is 0.335 e. The molecule has 0 unspecified atom stereocenters. The van der Waals surface area contributed by atoms with E-state index in [-0.39, 0.29) is 17.9 Å². The molecule has 108 valence electrons. The summed E-state index contributed by atoms with van der Waals surface area (Å²) >= 11 is 0. The van der Waals surface area contributed by atoms with Crippen LogP contribution < -0.4 is 5.32 Å². The maximum atomic E-state index is 12.3. The van der Waals surface area contributed by atoms with Gasteiger partial charge in [-0.2, -0.15) is 0 Å². The van der Waals surface area contributed by atoms with Crippen LogP contribution in [-0.4, -0.2) is 60.9 Å². The second-order valence-corrected chi connectivity index (χ2v) is 5.60. The highest BCUT2D eigenvalue weighted by atomic mass is 16.2. The molecule has 0 aromatic rings. The predicted molar refractivity (Wildman–Crippen MR) is 73.7 cm³/mol. The van der Waals surface area contributed by atoms with Crippen LogP contribution in [0.4, 0.5) is 0 Å². The van der Waals surface area contributed by atoms with Crippen LogP contribution in [0, 0.1) is 0 Å². The molecule has 2 aliphatic rings. The van der Waals surface area contributed by atoms with E-state index in [4.69, 9.17) is 0 Å². The maximum absolute atomic E-state index is 12.3. The quantitative estimate of drug-likeness (QED) is 0.708. The van der Waals surface area contributed by atoms with E-state index in [0.717, 1.165) is 32.4 Å². The summed E-state index contributed by atoms with van der Waals surface area (Å²) in [4.78, 5) is 27.9. The number of hydrogen-bond acceptors (Lipinski definition) is 3. The standard InChI is InChI=1S/C14H25N3O2/c1-16(12-6-3-2-4-7-12)13(18)14(19)17-10-5-8-15-9-11-17/h12,15H,2-11H2,1H3. The average molecular weight is 267 g/mol. The minimum atomic E-state index is -0.325. The Hall–Kier alpha value is -1.10. The van der Waals surface area contributed by atoms with Gasteiger partial charge >= 0.3 is 11.8 Å². The van der Waals surface area contributed by atoms with Gasteiger partial charge in [-0.15, -0.1) is 0 Å². The van der Waals surface area contributed by atoms with Crippen molar-refractivity contribution in [3.63, 3.8) is 0 Å². The van der Waals surface area contributed by atoms with E-state index in [2.05, 4.69) is 5.32 Å². The van der Waals surface area contributed by atoms with Gasteiger partial charge in [-0.1, -0.05) is 19.3 Å². The highest BCUT2D eigenvalue weighted by molar-refractivity contribution is 6.34. The minimum absolute atomic E-state index is 0.260. The first-order valence-electron chi connectivity index (χ1n) is 7.47. The molecule has 0 atom stereocenters. The Labute approximate surface area is 115 Å². The zero-order valence-electron chi connectivity index (χ0n) is 11.9. The van der Waals surface area contributed by atoms with Crippen molar-refractivity contribution in [3.05, 3.63) is 0 Å². The maximum Gasteiger partial charge on any atom is 0.312 e. The molecule has 0 spiro atoms. The lowest BCUT2D eigenvalue weighted by atomic mass is 9.94. The molecule has 2 rings (SSSR count). The Balaban J connectivity index is 1.91. The number of rotatable bonds is 1. The number of likely N-dealkylation sites (N-methyl/N-ethyl adjacent to an activating group) is 1. The van der Waals surface area contributed by atoms with Crippen molar-refractivity contribution < 1.29 is 9.59 Å². The lowest BCUT2D eigenvalue weighted by molar-refractivity contribution is -0.152. The molecule has 1 aliphatic carbocycles. The molecular weight excluding hydrogens is 242 g/mol. The highest BCUT2D eigenvalue weighted by Crippen LogP contribution is 2.21. The molecular formula is C14H25N3O2. The Morgan fingerprint density at radius 3 is 2.53 bits per heavy atom. The smallest absolute Gasteiger partial charge is 0.312 e. The van der Waals surface area contributed by atoms with Crippen molar-refractivity contribution in [3.8, 4) is 0 Å². The van der Waals surface area contributed by atoms with Gasteiger partial charge in [0.2, 0.25) is 0 Å². The summed E-state index contributed by atoms with van der Waals surface area (Å²) in [7, 11) is 1.78. The average Bonchev–Trinajstić information content (AvgIpc) is 2.75. The summed E-state index contributed by atoms with van der Waals surface area (Å²) in [6, 6.07) is 0.260. The van der Waals surface area contributed by atoms with Crippen LogP contribution in [0.1, 0.15) is 38.5 Å². The number of nitrogens with one attached hydrogen (secondary N) is 1. The monoisotopic (exact) mass is 267 g/mol. The molecule has 1 aliphatic heterocycles. The molecule has 1 N–H and O–H groups in total. The van der Waals surface area contributed by atoms with E-state index in [1.165, 1.54) is 19.3 Å². The molecule has 0 aromatic heterocycles. The molecule has 5 nitrogen and oxygen atoms in total. The predicted octanol–water partition coefficient (Wildman–Crippen LogP) is 0.599. The summed E-state index contributed by atoms with van der Waals surface area (Å²) in [6.45, 7) is 3.04. The molecule has 1 saturated carbocycles.